The van der Waals surface area contributed by atoms with E-state index >= 15 is 0 Å². The maximum Gasteiger partial charge on any atom is 0.254 e. The van der Waals surface area contributed by atoms with E-state index in [-0.39, 0.29) is 42.6 Å². The fourth-order valence-electron chi connectivity index (χ4n) is 6.25. The van der Waals surface area contributed by atoms with Gasteiger partial charge < -0.3 is 20.2 Å². The van der Waals surface area contributed by atoms with E-state index in [1.807, 2.05) is 13.8 Å². The zero-order valence-electron chi connectivity index (χ0n) is 23.9. The maximum atomic E-state index is 14.3. The maximum absolute atomic E-state index is 14.3. The SMILES string of the molecule is C[C@@H]1CN(CC(=O)N2CC(C)(C)c3nnc(Cc4ccc(F)cc4F)cc32)[C@@H](CN2Cc3ccc(O)cc3C2=O)CN1. The Hall–Kier alpha value is -3.96. The number of hydrogen-bond acceptors (Lipinski definition) is 7. The third-order valence-electron chi connectivity index (χ3n) is 8.47. The van der Waals surface area contributed by atoms with Crippen LogP contribution in [-0.2, 0) is 23.2 Å². The lowest BCUT2D eigenvalue weighted by atomic mass is 9.91. The highest BCUT2D eigenvalue weighted by Crippen LogP contribution is 2.39. The second-order valence-electron chi connectivity index (χ2n) is 12.3. The molecule has 11 heteroatoms. The third-order valence-corrected chi connectivity index (χ3v) is 8.47. The molecule has 2 atom stereocenters. The summed E-state index contributed by atoms with van der Waals surface area (Å²) in [6.07, 6.45) is 0.121. The molecule has 2 aromatic carbocycles. The predicted molar refractivity (Wildman–Crippen MR) is 152 cm³/mol. The number of amides is 2. The van der Waals surface area contributed by atoms with E-state index in [4.69, 9.17) is 0 Å². The van der Waals surface area contributed by atoms with Crippen molar-refractivity contribution in [2.45, 2.75) is 51.2 Å². The lowest BCUT2D eigenvalue weighted by molar-refractivity contribution is -0.120. The summed E-state index contributed by atoms with van der Waals surface area (Å²) in [5.74, 6) is -1.44. The van der Waals surface area contributed by atoms with Gasteiger partial charge in [-0.15, -0.1) is 0 Å². The van der Waals surface area contributed by atoms with E-state index in [1.165, 1.54) is 18.2 Å². The van der Waals surface area contributed by atoms with Crippen LogP contribution in [0.1, 0.15) is 53.6 Å². The molecule has 0 radical (unpaired) electrons. The van der Waals surface area contributed by atoms with Gasteiger partial charge in [0, 0.05) is 68.3 Å². The molecule has 0 unspecified atom stereocenters. The molecule has 0 spiro atoms. The van der Waals surface area contributed by atoms with Gasteiger partial charge in [-0.05, 0) is 42.3 Å². The zero-order chi connectivity index (χ0) is 29.8. The number of nitrogens with one attached hydrogen (secondary N) is 1. The van der Waals surface area contributed by atoms with Gasteiger partial charge in [-0.1, -0.05) is 26.0 Å². The van der Waals surface area contributed by atoms with E-state index in [2.05, 4.69) is 27.3 Å². The van der Waals surface area contributed by atoms with Crippen LogP contribution >= 0.6 is 0 Å². The van der Waals surface area contributed by atoms with Gasteiger partial charge in [0.15, 0.2) is 0 Å². The second kappa shape index (κ2) is 10.7. The minimum atomic E-state index is -0.652. The minimum Gasteiger partial charge on any atom is -0.508 e. The van der Waals surface area contributed by atoms with Crippen molar-refractivity contribution >= 4 is 17.5 Å². The van der Waals surface area contributed by atoms with Crippen molar-refractivity contribution in [2.75, 3.05) is 37.6 Å². The van der Waals surface area contributed by atoms with Crippen LogP contribution < -0.4 is 10.2 Å². The molecule has 0 saturated carbocycles. The highest BCUT2D eigenvalue weighted by molar-refractivity contribution is 5.99. The Morgan fingerprint density at radius 3 is 2.74 bits per heavy atom. The molecular formula is C31H34F2N6O3. The first-order valence-electron chi connectivity index (χ1n) is 14.2. The molecule has 4 heterocycles. The molecule has 3 aromatic rings. The molecule has 1 aromatic heterocycles. The average Bonchev–Trinajstić information content (AvgIpc) is 3.39. The number of phenolic OH excluding ortho intramolecular Hbond substituents is 1. The smallest absolute Gasteiger partial charge is 0.254 e. The summed E-state index contributed by atoms with van der Waals surface area (Å²) in [5, 5.41) is 22.1. The first kappa shape index (κ1) is 28.2. The molecule has 2 N–H and O–H groups in total. The average molecular weight is 577 g/mol. The summed E-state index contributed by atoms with van der Waals surface area (Å²) < 4.78 is 27.7. The van der Waals surface area contributed by atoms with Crippen LogP contribution in [0.25, 0.3) is 0 Å². The molecule has 1 saturated heterocycles. The van der Waals surface area contributed by atoms with Crippen LogP contribution in [-0.4, -0.2) is 81.7 Å². The van der Waals surface area contributed by atoms with E-state index in [0.717, 1.165) is 11.6 Å². The molecule has 0 aliphatic carbocycles. The highest BCUT2D eigenvalue weighted by Gasteiger charge is 2.42. The van der Waals surface area contributed by atoms with Crippen molar-refractivity contribution in [3.63, 3.8) is 0 Å². The Bertz CT molecular complexity index is 1560. The number of carbonyl (C=O) groups excluding carboxylic acids is 2. The molecular weight excluding hydrogens is 542 g/mol. The van der Waals surface area contributed by atoms with Crippen molar-refractivity contribution in [1.29, 1.82) is 0 Å². The van der Waals surface area contributed by atoms with Gasteiger partial charge in [0.05, 0.1) is 23.6 Å². The number of benzene rings is 2. The molecule has 1 fully saturated rings. The minimum absolute atomic E-state index is 0.0637. The van der Waals surface area contributed by atoms with E-state index < -0.39 is 17.0 Å². The van der Waals surface area contributed by atoms with Crippen LogP contribution in [0.3, 0.4) is 0 Å². The number of phenols is 1. The number of piperazine rings is 1. The molecule has 2 amide bonds. The Balaban J connectivity index is 1.20. The van der Waals surface area contributed by atoms with Crippen molar-refractivity contribution in [2.24, 2.45) is 0 Å². The Labute approximate surface area is 243 Å². The van der Waals surface area contributed by atoms with Crippen LogP contribution in [0.2, 0.25) is 0 Å². The van der Waals surface area contributed by atoms with Crippen molar-refractivity contribution in [3.8, 4) is 5.75 Å². The monoisotopic (exact) mass is 576 g/mol. The van der Waals surface area contributed by atoms with Crippen LogP contribution in [0.15, 0.2) is 42.5 Å². The van der Waals surface area contributed by atoms with Crippen LogP contribution in [0, 0.1) is 11.6 Å². The largest absolute Gasteiger partial charge is 0.508 e. The normalized spacial score (nSPS) is 21.5. The topological polar surface area (TPSA) is 102 Å². The van der Waals surface area contributed by atoms with Crippen molar-refractivity contribution in [1.82, 2.24) is 25.3 Å². The van der Waals surface area contributed by atoms with Crippen LogP contribution in [0.5, 0.6) is 5.75 Å². The fraction of sp³-hybridized carbons (Fsp3) is 0.419. The summed E-state index contributed by atoms with van der Waals surface area (Å²) in [7, 11) is 0. The number of rotatable bonds is 6. The first-order valence-corrected chi connectivity index (χ1v) is 14.2. The van der Waals surface area contributed by atoms with E-state index in [0.29, 0.717) is 60.9 Å². The molecule has 3 aliphatic rings. The fourth-order valence-corrected chi connectivity index (χ4v) is 6.25. The second-order valence-corrected chi connectivity index (χ2v) is 12.3. The van der Waals surface area contributed by atoms with Gasteiger partial charge in [-0.3, -0.25) is 14.5 Å². The van der Waals surface area contributed by atoms with E-state index in [1.54, 1.807) is 28.0 Å². The number of hydrogen-bond donors (Lipinski definition) is 2. The number of aromatic hydroxyl groups is 1. The predicted octanol–water partition coefficient (Wildman–Crippen LogP) is 2.99. The standard InChI is InChI=1S/C31H34F2N6O3/c1-18-13-37(23(12-34-18)15-38-14-20-5-7-24(40)11-25(20)30(38)42)16-28(41)39-17-31(2,3)29-27(39)10-22(35-36-29)8-19-4-6-21(32)9-26(19)33/h4-7,9-11,18,23,34,40H,8,12-17H2,1-3H3/t18-,23-/m1/s1. The highest BCUT2D eigenvalue weighted by atomic mass is 19.1. The van der Waals surface area contributed by atoms with Crippen molar-refractivity contribution < 1.29 is 23.5 Å². The molecule has 220 valence electrons. The Morgan fingerprint density at radius 1 is 1.14 bits per heavy atom. The molecule has 3 aliphatic heterocycles. The first-order chi connectivity index (χ1) is 20.0. The summed E-state index contributed by atoms with van der Waals surface area (Å²) in [4.78, 5) is 32.6. The van der Waals surface area contributed by atoms with Gasteiger partial charge in [-0.2, -0.15) is 10.2 Å². The number of nitrogens with zero attached hydrogens (tertiary/aromatic N) is 5. The third kappa shape index (κ3) is 5.34. The van der Waals surface area contributed by atoms with E-state index in [9.17, 15) is 23.5 Å². The van der Waals surface area contributed by atoms with Gasteiger partial charge in [0.2, 0.25) is 5.91 Å². The zero-order valence-corrected chi connectivity index (χ0v) is 23.9. The summed E-state index contributed by atoms with van der Waals surface area (Å²) in [6.45, 7) is 8.85. The van der Waals surface area contributed by atoms with Gasteiger partial charge in [0.1, 0.15) is 17.4 Å². The van der Waals surface area contributed by atoms with Gasteiger partial charge in [0.25, 0.3) is 5.91 Å². The number of carbonyl (C=O) groups is 2. The lowest BCUT2D eigenvalue weighted by Gasteiger charge is -2.41. The molecule has 0 bridgehead atoms. The van der Waals surface area contributed by atoms with Gasteiger partial charge in [-0.25, -0.2) is 8.78 Å². The molecule has 42 heavy (non-hydrogen) atoms. The summed E-state index contributed by atoms with van der Waals surface area (Å²) in [5.41, 5.74) is 3.12. The number of halogens is 2. The number of aromatic nitrogens is 2. The lowest BCUT2D eigenvalue weighted by Crippen LogP contribution is -2.60. The van der Waals surface area contributed by atoms with Gasteiger partial charge >= 0.3 is 0 Å². The molecule has 6 rings (SSSR count). The Kier molecular flexibility index (Phi) is 7.18. The summed E-state index contributed by atoms with van der Waals surface area (Å²) >= 11 is 0. The van der Waals surface area contributed by atoms with Crippen LogP contribution in [0.4, 0.5) is 14.5 Å². The van der Waals surface area contributed by atoms with Crippen molar-refractivity contribution in [3.05, 3.63) is 82.2 Å². The number of fused-ring (bicyclic) bond motifs is 2. The molecule has 9 nitrogen and oxygen atoms in total. The number of anilines is 1. The quantitative estimate of drug-likeness (QED) is 0.465. The Morgan fingerprint density at radius 2 is 1.95 bits per heavy atom. The summed E-state index contributed by atoms with van der Waals surface area (Å²) in [6, 6.07) is 10.2.